The molecule has 0 aromatic rings. The van der Waals surface area contributed by atoms with E-state index in [1.54, 1.807) is 0 Å². The number of rotatable bonds is 2. The van der Waals surface area contributed by atoms with Crippen LogP contribution < -0.4 is 11.1 Å². The highest BCUT2D eigenvalue weighted by molar-refractivity contribution is 4.80. The van der Waals surface area contributed by atoms with E-state index < -0.39 is 0 Å². The Bertz CT molecular complexity index is 81.3. The predicted molar refractivity (Wildman–Crippen MR) is 43.9 cm³/mol. The van der Waals surface area contributed by atoms with Gasteiger partial charge in [0.2, 0.25) is 0 Å². The summed E-state index contributed by atoms with van der Waals surface area (Å²) in [6, 6.07) is 0.693. The van der Waals surface area contributed by atoms with Crippen molar-refractivity contribution in [3.05, 3.63) is 0 Å². The lowest BCUT2D eigenvalue weighted by molar-refractivity contribution is 0.280. The van der Waals surface area contributed by atoms with Gasteiger partial charge in [-0.2, -0.15) is 0 Å². The Labute approximate surface area is 63.2 Å². The minimum absolute atomic E-state index is 0.693. The Morgan fingerprint density at radius 2 is 2.40 bits per heavy atom. The van der Waals surface area contributed by atoms with Crippen molar-refractivity contribution in [2.45, 2.75) is 32.2 Å². The van der Waals surface area contributed by atoms with Gasteiger partial charge in [-0.1, -0.05) is 6.92 Å². The van der Waals surface area contributed by atoms with Crippen LogP contribution in [0.4, 0.5) is 0 Å². The second-order valence-corrected chi connectivity index (χ2v) is 3.11. The molecule has 2 nitrogen and oxygen atoms in total. The molecule has 1 aliphatic rings. The molecule has 0 amide bonds. The average Bonchev–Trinajstić information content (AvgIpc) is 2.04. The van der Waals surface area contributed by atoms with Gasteiger partial charge >= 0.3 is 0 Å². The standard InChI is InChI=1S/C8H18N2/c1-2-8-7(6-9)4-3-5-10-8/h7-8,10H,2-6,9H2,1H3/t7-,8-/m0/s1. The van der Waals surface area contributed by atoms with E-state index in [9.17, 15) is 0 Å². The van der Waals surface area contributed by atoms with Gasteiger partial charge in [0.25, 0.3) is 0 Å². The van der Waals surface area contributed by atoms with Crippen LogP contribution in [0, 0.1) is 5.92 Å². The van der Waals surface area contributed by atoms with Gasteiger partial charge in [-0.3, -0.25) is 0 Å². The first-order valence-electron chi connectivity index (χ1n) is 4.32. The van der Waals surface area contributed by atoms with Crippen LogP contribution in [0.5, 0.6) is 0 Å². The third-order valence-electron chi connectivity index (χ3n) is 2.47. The van der Waals surface area contributed by atoms with Crippen LogP contribution in [0.25, 0.3) is 0 Å². The molecule has 60 valence electrons. The topological polar surface area (TPSA) is 38.0 Å². The molecule has 1 saturated heterocycles. The molecule has 0 unspecified atom stereocenters. The van der Waals surface area contributed by atoms with E-state index in [0.717, 1.165) is 12.5 Å². The van der Waals surface area contributed by atoms with Gasteiger partial charge in [-0.25, -0.2) is 0 Å². The van der Waals surface area contributed by atoms with Crippen LogP contribution in [-0.4, -0.2) is 19.1 Å². The number of piperidine rings is 1. The molecule has 10 heavy (non-hydrogen) atoms. The quantitative estimate of drug-likeness (QED) is 0.596. The van der Waals surface area contributed by atoms with Crippen molar-refractivity contribution in [1.29, 1.82) is 0 Å². The third-order valence-corrected chi connectivity index (χ3v) is 2.47. The fourth-order valence-corrected chi connectivity index (χ4v) is 1.78. The summed E-state index contributed by atoms with van der Waals surface area (Å²) in [6.45, 7) is 4.27. The second-order valence-electron chi connectivity index (χ2n) is 3.11. The molecule has 0 bridgehead atoms. The van der Waals surface area contributed by atoms with Crippen molar-refractivity contribution in [3.63, 3.8) is 0 Å². The van der Waals surface area contributed by atoms with Gasteiger partial charge in [0.15, 0.2) is 0 Å². The van der Waals surface area contributed by atoms with Crippen LogP contribution in [0.15, 0.2) is 0 Å². The highest BCUT2D eigenvalue weighted by Crippen LogP contribution is 2.16. The normalized spacial score (nSPS) is 34.2. The number of hydrogen-bond acceptors (Lipinski definition) is 2. The number of nitrogens with two attached hydrogens (primary N) is 1. The minimum atomic E-state index is 0.693. The Kier molecular flexibility index (Phi) is 3.16. The summed E-state index contributed by atoms with van der Waals surface area (Å²) in [7, 11) is 0. The van der Waals surface area contributed by atoms with Crippen molar-refractivity contribution in [2.75, 3.05) is 13.1 Å². The molecule has 1 rings (SSSR count). The van der Waals surface area contributed by atoms with Gasteiger partial charge in [-0.15, -0.1) is 0 Å². The number of hydrogen-bond donors (Lipinski definition) is 2. The summed E-state index contributed by atoms with van der Waals surface area (Å²) in [4.78, 5) is 0. The molecule has 3 N–H and O–H groups in total. The van der Waals surface area contributed by atoms with Crippen molar-refractivity contribution >= 4 is 0 Å². The lowest BCUT2D eigenvalue weighted by Crippen LogP contribution is -2.43. The Balaban J connectivity index is 2.34. The largest absolute Gasteiger partial charge is 0.330 e. The van der Waals surface area contributed by atoms with Gasteiger partial charge < -0.3 is 11.1 Å². The van der Waals surface area contributed by atoms with Crippen LogP contribution in [0.2, 0.25) is 0 Å². The molecule has 1 fully saturated rings. The average molecular weight is 142 g/mol. The minimum Gasteiger partial charge on any atom is -0.330 e. The van der Waals surface area contributed by atoms with Gasteiger partial charge in [0.1, 0.15) is 0 Å². The van der Waals surface area contributed by atoms with E-state index in [2.05, 4.69) is 12.2 Å². The predicted octanol–water partition coefficient (Wildman–Crippen LogP) is 0.723. The van der Waals surface area contributed by atoms with Crippen molar-refractivity contribution in [1.82, 2.24) is 5.32 Å². The van der Waals surface area contributed by atoms with E-state index in [-0.39, 0.29) is 0 Å². The molecule has 0 aromatic heterocycles. The van der Waals surface area contributed by atoms with Crippen molar-refractivity contribution in [3.8, 4) is 0 Å². The van der Waals surface area contributed by atoms with E-state index in [1.807, 2.05) is 0 Å². The highest BCUT2D eigenvalue weighted by atomic mass is 14.9. The lowest BCUT2D eigenvalue weighted by atomic mass is 9.89. The van der Waals surface area contributed by atoms with Crippen molar-refractivity contribution < 1.29 is 0 Å². The van der Waals surface area contributed by atoms with Crippen LogP contribution >= 0.6 is 0 Å². The maximum absolute atomic E-state index is 5.63. The highest BCUT2D eigenvalue weighted by Gasteiger charge is 2.20. The zero-order chi connectivity index (χ0) is 7.40. The van der Waals surface area contributed by atoms with Gasteiger partial charge in [0.05, 0.1) is 0 Å². The Hall–Kier alpha value is -0.0800. The molecule has 0 aliphatic carbocycles. The second kappa shape index (κ2) is 3.94. The molecule has 2 atom stereocenters. The fourth-order valence-electron chi connectivity index (χ4n) is 1.78. The first-order valence-corrected chi connectivity index (χ1v) is 4.32. The fraction of sp³-hybridized carbons (Fsp3) is 1.00. The maximum atomic E-state index is 5.63. The Morgan fingerprint density at radius 3 is 2.90 bits per heavy atom. The first kappa shape index (κ1) is 8.02. The van der Waals surface area contributed by atoms with E-state index >= 15 is 0 Å². The molecule has 1 aliphatic heterocycles. The third kappa shape index (κ3) is 1.70. The summed E-state index contributed by atoms with van der Waals surface area (Å²) in [5, 5.41) is 3.49. The smallest absolute Gasteiger partial charge is 0.0105 e. The summed E-state index contributed by atoms with van der Waals surface area (Å²) in [5.41, 5.74) is 5.63. The molecule has 0 radical (unpaired) electrons. The van der Waals surface area contributed by atoms with E-state index in [1.165, 1.54) is 25.8 Å². The van der Waals surface area contributed by atoms with Crippen LogP contribution in [-0.2, 0) is 0 Å². The van der Waals surface area contributed by atoms with E-state index in [0.29, 0.717) is 6.04 Å². The molecule has 1 heterocycles. The van der Waals surface area contributed by atoms with Gasteiger partial charge in [-0.05, 0) is 38.3 Å². The SMILES string of the molecule is CC[C@@H]1NCCC[C@H]1CN. The van der Waals surface area contributed by atoms with Crippen LogP contribution in [0.1, 0.15) is 26.2 Å². The first-order chi connectivity index (χ1) is 4.88. The summed E-state index contributed by atoms with van der Waals surface area (Å²) < 4.78 is 0. The maximum Gasteiger partial charge on any atom is 0.0105 e. The van der Waals surface area contributed by atoms with Crippen LogP contribution in [0.3, 0.4) is 0 Å². The van der Waals surface area contributed by atoms with E-state index in [4.69, 9.17) is 5.73 Å². The molecular weight excluding hydrogens is 124 g/mol. The lowest BCUT2D eigenvalue weighted by Gasteiger charge is -2.30. The summed E-state index contributed by atoms with van der Waals surface area (Å²) in [6.07, 6.45) is 3.85. The van der Waals surface area contributed by atoms with Gasteiger partial charge in [0, 0.05) is 6.04 Å². The van der Waals surface area contributed by atoms with Crippen molar-refractivity contribution in [2.24, 2.45) is 11.7 Å². The molecule has 0 saturated carbocycles. The molecule has 2 heteroatoms. The molecule has 0 aromatic carbocycles. The molecule has 0 spiro atoms. The number of nitrogens with one attached hydrogen (secondary N) is 1. The zero-order valence-electron chi connectivity index (χ0n) is 6.77. The summed E-state index contributed by atoms with van der Waals surface area (Å²) in [5.74, 6) is 0.735. The monoisotopic (exact) mass is 142 g/mol. The zero-order valence-corrected chi connectivity index (χ0v) is 6.77. The Morgan fingerprint density at radius 1 is 1.60 bits per heavy atom. The summed E-state index contributed by atoms with van der Waals surface area (Å²) >= 11 is 0. The molecular formula is C8H18N2.